The highest BCUT2D eigenvalue weighted by atomic mass is 15.3. The minimum Gasteiger partial charge on any atom is -0.370 e. The van der Waals surface area contributed by atoms with E-state index in [1.165, 1.54) is 32.2 Å². The molecule has 0 bridgehead atoms. The highest BCUT2D eigenvalue weighted by Gasteiger charge is 2.34. The van der Waals surface area contributed by atoms with Crippen molar-refractivity contribution in [3.05, 3.63) is 11.9 Å². The van der Waals surface area contributed by atoms with Crippen LogP contribution >= 0.6 is 0 Å². The van der Waals surface area contributed by atoms with Gasteiger partial charge in [0, 0.05) is 31.1 Å². The number of hydrogen-bond donors (Lipinski definition) is 1. The lowest BCUT2D eigenvalue weighted by Crippen LogP contribution is -2.29. The van der Waals surface area contributed by atoms with E-state index >= 15 is 0 Å². The molecule has 1 aromatic rings. The van der Waals surface area contributed by atoms with Crippen molar-refractivity contribution >= 4 is 11.6 Å². The van der Waals surface area contributed by atoms with Crippen LogP contribution in [-0.4, -0.2) is 29.1 Å². The predicted molar refractivity (Wildman–Crippen MR) is 83.4 cm³/mol. The predicted octanol–water partition coefficient (Wildman–Crippen LogP) is 3.41. The molecular weight excluding hydrogens is 248 g/mol. The van der Waals surface area contributed by atoms with Gasteiger partial charge in [-0.1, -0.05) is 13.8 Å². The molecule has 0 saturated heterocycles. The van der Waals surface area contributed by atoms with E-state index in [2.05, 4.69) is 42.0 Å². The number of aromatic nitrogens is 2. The molecule has 1 heterocycles. The van der Waals surface area contributed by atoms with Gasteiger partial charge < -0.3 is 10.2 Å². The van der Waals surface area contributed by atoms with Crippen LogP contribution in [-0.2, 0) is 0 Å². The molecule has 20 heavy (non-hydrogen) atoms. The smallest absolute Gasteiger partial charge is 0.135 e. The van der Waals surface area contributed by atoms with E-state index in [-0.39, 0.29) is 0 Å². The normalized spacial score (nSPS) is 18.4. The highest BCUT2D eigenvalue weighted by molar-refractivity contribution is 5.51. The summed E-state index contributed by atoms with van der Waals surface area (Å²) in [5.41, 5.74) is 0. The van der Waals surface area contributed by atoms with Crippen LogP contribution in [0.2, 0.25) is 0 Å². The highest BCUT2D eigenvalue weighted by Crippen LogP contribution is 2.37. The fourth-order valence-electron chi connectivity index (χ4n) is 2.52. The van der Waals surface area contributed by atoms with Crippen LogP contribution in [0.4, 0.5) is 11.6 Å². The number of anilines is 2. The summed E-state index contributed by atoms with van der Waals surface area (Å²) in [6.45, 7) is 8.53. The molecule has 1 N–H and O–H groups in total. The molecule has 2 saturated carbocycles. The summed E-state index contributed by atoms with van der Waals surface area (Å²) in [6.07, 6.45) is 5.44. The van der Waals surface area contributed by atoms with Gasteiger partial charge in [-0.15, -0.1) is 0 Å². The lowest BCUT2D eigenvalue weighted by Gasteiger charge is -2.25. The Morgan fingerprint density at radius 1 is 1.25 bits per heavy atom. The summed E-state index contributed by atoms with van der Waals surface area (Å²) in [5.74, 6) is 4.33. The molecule has 4 nitrogen and oxygen atoms in total. The molecule has 2 aliphatic rings. The van der Waals surface area contributed by atoms with Crippen LogP contribution in [0, 0.1) is 5.92 Å². The molecule has 0 aromatic carbocycles. The molecule has 110 valence electrons. The van der Waals surface area contributed by atoms with E-state index in [1.54, 1.807) is 0 Å². The SMILES string of the molecule is CCNc1cc(N(CC2CC2)C2CC2)nc(C(C)C)n1. The molecule has 4 heteroatoms. The lowest BCUT2D eigenvalue weighted by atomic mass is 10.2. The monoisotopic (exact) mass is 274 g/mol. The first kappa shape index (κ1) is 13.7. The Hall–Kier alpha value is -1.32. The Kier molecular flexibility index (Phi) is 3.81. The van der Waals surface area contributed by atoms with Gasteiger partial charge in [0.25, 0.3) is 0 Å². The Balaban J connectivity index is 1.87. The van der Waals surface area contributed by atoms with Crippen molar-refractivity contribution in [1.82, 2.24) is 9.97 Å². The second-order valence-corrected chi connectivity index (χ2v) is 6.48. The third-order valence-electron chi connectivity index (χ3n) is 4.04. The first-order valence-corrected chi connectivity index (χ1v) is 8.07. The van der Waals surface area contributed by atoms with Gasteiger partial charge >= 0.3 is 0 Å². The molecule has 0 amide bonds. The average molecular weight is 274 g/mol. The van der Waals surface area contributed by atoms with Crippen LogP contribution in [0.3, 0.4) is 0 Å². The topological polar surface area (TPSA) is 41.0 Å². The fraction of sp³-hybridized carbons (Fsp3) is 0.750. The first-order valence-electron chi connectivity index (χ1n) is 8.07. The zero-order chi connectivity index (χ0) is 14.1. The third kappa shape index (κ3) is 3.22. The van der Waals surface area contributed by atoms with Gasteiger partial charge in [0.1, 0.15) is 17.5 Å². The van der Waals surface area contributed by atoms with Crippen LogP contribution in [0.25, 0.3) is 0 Å². The zero-order valence-corrected chi connectivity index (χ0v) is 12.9. The standard InChI is InChI=1S/C16H26N4/c1-4-17-14-9-15(19-16(18-14)11(2)3)20(13-7-8-13)10-12-5-6-12/h9,11-13H,4-8,10H2,1-3H3,(H,17,18,19). The lowest BCUT2D eigenvalue weighted by molar-refractivity contribution is 0.694. The van der Waals surface area contributed by atoms with E-state index in [0.29, 0.717) is 5.92 Å². The Morgan fingerprint density at radius 3 is 2.55 bits per heavy atom. The quantitative estimate of drug-likeness (QED) is 0.827. The van der Waals surface area contributed by atoms with Crippen molar-refractivity contribution in [1.29, 1.82) is 0 Å². The van der Waals surface area contributed by atoms with Crippen molar-refractivity contribution in [2.24, 2.45) is 5.92 Å². The molecule has 0 radical (unpaired) electrons. The van der Waals surface area contributed by atoms with E-state index in [9.17, 15) is 0 Å². The van der Waals surface area contributed by atoms with Crippen LogP contribution < -0.4 is 10.2 Å². The molecule has 2 aliphatic carbocycles. The molecule has 0 unspecified atom stereocenters. The van der Waals surface area contributed by atoms with E-state index in [0.717, 1.165) is 36.0 Å². The van der Waals surface area contributed by atoms with Crippen LogP contribution in [0.5, 0.6) is 0 Å². The molecule has 0 atom stereocenters. The van der Waals surface area contributed by atoms with Gasteiger partial charge in [0.15, 0.2) is 0 Å². The summed E-state index contributed by atoms with van der Waals surface area (Å²) >= 11 is 0. The summed E-state index contributed by atoms with van der Waals surface area (Å²) in [5, 5.41) is 3.35. The van der Waals surface area contributed by atoms with Crippen LogP contribution in [0.1, 0.15) is 58.2 Å². The maximum Gasteiger partial charge on any atom is 0.135 e. The van der Waals surface area contributed by atoms with E-state index in [1.807, 2.05) is 0 Å². The van der Waals surface area contributed by atoms with Crippen molar-refractivity contribution in [3.63, 3.8) is 0 Å². The maximum absolute atomic E-state index is 4.83. The number of hydrogen-bond acceptors (Lipinski definition) is 4. The summed E-state index contributed by atoms with van der Waals surface area (Å²) in [7, 11) is 0. The Morgan fingerprint density at radius 2 is 2.00 bits per heavy atom. The third-order valence-corrected chi connectivity index (χ3v) is 4.04. The fourth-order valence-corrected chi connectivity index (χ4v) is 2.52. The molecule has 2 fully saturated rings. The van der Waals surface area contributed by atoms with Crippen molar-refractivity contribution in [2.45, 2.75) is 58.4 Å². The van der Waals surface area contributed by atoms with E-state index < -0.39 is 0 Å². The molecule has 0 aliphatic heterocycles. The summed E-state index contributed by atoms with van der Waals surface area (Å²) < 4.78 is 0. The summed E-state index contributed by atoms with van der Waals surface area (Å²) in [4.78, 5) is 12.0. The Labute approximate surface area is 122 Å². The zero-order valence-electron chi connectivity index (χ0n) is 12.9. The van der Waals surface area contributed by atoms with Crippen LogP contribution in [0.15, 0.2) is 6.07 Å². The number of nitrogens with zero attached hydrogens (tertiary/aromatic N) is 3. The Bertz CT molecular complexity index is 464. The molecule has 3 rings (SSSR count). The molecule has 1 aromatic heterocycles. The first-order chi connectivity index (χ1) is 9.67. The van der Waals surface area contributed by atoms with Gasteiger partial charge in [-0.05, 0) is 38.5 Å². The van der Waals surface area contributed by atoms with Gasteiger partial charge in [0.2, 0.25) is 0 Å². The van der Waals surface area contributed by atoms with Gasteiger partial charge in [-0.25, -0.2) is 9.97 Å². The van der Waals surface area contributed by atoms with Crippen molar-refractivity contribution in [3.8, 4) is 0 Å². The second kappa shape index (κ2) is 5.58. The maximum atomic E-state index is 4.83. The van der Waals surface area contributed by atoms with Gasteiger partial charge in [-0.3, -0.25) is 0 Å². The van der Waals surface area contributed by atoms with E-state index in [4.69, 9.17) is 4.98 Å². The average Bonchev–Trinajstić information content (AvgIpc) is 3.28. The van der Waals surface area contributed by atoms with Crippen molar-refractivity contribution < 1.29 is 0 Å². The van der Waals surface area contributed by atoms with Gasteiger partial charge in [-0.2, -0.15) is 0 Å². The molecular formula is C16H26N4. The second-order valence-electron chi connectivity index (χ2n) is 6.48. The summed E-state index contributed by atoms with van der Waals surface area (Å²) in [6, 6.07) is 2.86. The minimum atomic E-state index is 0.370. The largest absolute Gasteiger partial charge is 0.370 e. The number of rotatable bonds is 7. The molecule has 0 spiro atoms. The van der Waals surface area contributed by atoms with Gasteiger partial charge in [0.05, 0.1) is 0 Å². The van der Waals surface area contributed by atoms with Crippen molar-refractivity contribution in [2.75, 3.05) is 23.3 Å². The number of nitrogens with one attached hydrogen (secondary N) is 1. The minimum absolute atomic E-state index is 0.370.